The van der Waals surface area contributed by atoms with Gasteiger partial charge in [-0.1, -0.05) is 333 Å². The van der Waals surface area contributed by atoms with Crippen LogP contribution in [-0.2, 0) is 21.7 Å². The summed E-state index contributed by atoms with van der Waals surface area (Å²) in [5.74, 6) is 0.358. The summed E-state index contributed by atoms with van der Waals surface area (Å²) in [7, 11) is 0. The number of rotatable bonds is 11. The summed E-state index contributed by atoms with van der Waals surface area (Å²) in [6.45, 7) is 27.7. The van der Waals surface area contributed by atoms with E-state index in [-0.39, 0.29) is 28.4 Å². The number of anilines is 6. The minimum atomic E-state index is -0.259. The van der Waals surface area contributed by atoms with E-state index in [2.05, 4.69) is 430 Å². The fourth-order valence-corrected chi connectivity index (χ4v) is 19.6. The molecule has 1 saturated carbocycles. The first-order valence-corrected chi connectivity index (χ1v) is 42.5. The van der Waals surface area contributed by atoms with E-state index in [1.165, 1.54) is 174 Å². The molecule has 2 aromatic heterocycles. The summed E-state index contributed by atoms with van der Waals surface area (Å²) in [4.78, 5) is 5.49. The molecule has 1 aliphatic carbocycles. The highest BCUT2D eigenvalue weighted by atomic mass is 15.2. The van der Waals surface area contributed by atoms with Crippen molar-refractivity contribution < 1.29 is 0 Å². The maximum absolute atomic E-state index is 2.75. The maximum Gasteiger partial charge on any atom is 0.252 e. The van der Waals surface area contributed by atoms with Gasteiger partial charge in [0.25, 0.3) is 6.71 Å². The summed E-state index contributed by atoms with van der Waals surface area (Å²) in [6, 6.07) is 127. The van der Waals surface area contributed by atoms with Gasteiger partial charge < -0.3 is 18.9 Å². The first-order chi connectivity index (χ1) is 56.6. The van der Waals surface area contributed by atoms with E-state index < -0.39 is 0 Å². The number of para-hydroxylation sites is 2. The Morgan fingerprint density at radius 1 is 0.256 bits per heavy atom. The lowest BCUT2D eigenvalue weighted by atomic mass is 9.33. The predicted molar refractivity (Wildman–Crippen MR) is 502 cm³/mol. The Balaban J connectivity index is 0.887. The Morgan fingerprint density at radius 3 is 0.872 bits per heavy atom. The van der Waals surface area contributed by atoms with Gasteiger partial charge in [0.1, 0.15) is 0 Å². The average molecular weight is 1510 g/mol. The second-order valence-corrected chi connectivity index (χ2v) is 37.5. The molecule has 0 saturated heterocycles. The van der Waals surface area contributed by atoms with Crippen LogP contribution in [0.5, 0.6) is 0 Å². The van der Waals surface area contributed by atoms with Crippen molar-refractivity contribution in [3.8, 4) is 78.1 Å². The number of benzene rings is 15. The Labute approximate surface area is 691 Å². The van der Waals surface area contributed by atoms with Gasteiger partial charge in [0.05, 0.1) is 33.4 Å². The number of hydrogen-bond donors (Lipinski definition) is 0. The molecule has 4 heterocycles. The Hall–Kier alpha value is -12.4. The smallest absolute Gasteiger partial charge is 0.252 e. The van der Waals surface area contributed by atoms with E-state index in [1.807, 2.05) is 0 Å². The number of fused-ring (bicyclic) bond motifs is 10. The largest absolute Gasteiger partial charge is 0.310 e. The minimum Gasteiger partial charge on any atom is -0.310 e. The van der Waals surface area contributed by atoms with E-state index in [1.54, 1.807) is 0 Å². The van der Waals surface area contributed by atoms with Crippen molar-refractivity contribution in [1.82, 2.24) is 9.13 Å². The topological polar surface area (TPSA) is 16.3 Å². The zero-order valence-electron chi connectivity index (χ0n) is 69.7. The van der Waals surface area contributed by atoms with Gasteiger partial charge in [0.2, 0.25) is 0 Å². The molecule has 0 unspecified atom stereocenters. The van der Waals surface area contributed by atoms with E-state index >= 15 is 0 Å². The van der Waals surface area contributed by atoms with Gasteiger partial charge in [-0.3, -0.25) is 0 Å². The zero-order valence-corrected chi connectivity index (χ0v) is 69.7. The van der Waals surface area contributed by atoms with Gasteiger partial charge in [-0.25, -0.2) is 0 Å². The van der Waals surface area contributed by atoms with Gasteiger partial charge in [-0.15, -0.1) is 0 Å². The fourth-order valence-electron chi connectivity index (χ4n) is 19.6. The molecule has 0 atom stereocenters. The van der Waals surface area contributed by atoms with Gasteiger partial charge in [-0.2, -0.15) is 0 Å². The van der Waals surface area contributed by atoms with Crippen LogP contribution in [0.25, 0.3) is 122 Å². The van der Waals surface area contributed by atoms with E-state index in [4.69, 9.17) is 0 Å². The predicted octanol–water partition coefficient (Wildman–Crippen LogP) is 29.2. The highest BCUT2D eigenvalue weighted by Gasteiger charge is 2.46. The molecule has 572 valence electrons. The molecule has 117 heavy (non-hydrogen) atoms. The second kappa shape index (κ2) is 28.2. The van der Waals surface area contributed by atoms with Crippen LogP contribution < -0.4 is 26.2 Å². The average Bonchev–Trinajstić information content (AvgIpc) is 1.59. The molecule has 1 fully saturated rings. The monoisotopic (exact) mass is 1510 g/mol. The van der Waals surface area contributed by atoms with Crippen LogP contribution in [0.2, 0.25) is 0 Å². The third-order valence-corrected chi connectivity index (χ3v) is 25.9. The van der Waals surface area contributed by atoms with Crippen LogP contribution in [0.3, 0.4) is 0 Å². The first-order valence-electron chi connectivity index (χ1n) is 42.5. The third kappa shape index (κ3) is 12.7. The van der Waals surface area contributed by atoms with Crippen LogP contribution in [0.4, 0.5) is 34.1 Å². The lowest BCUT2D eigenvalue weighted by Gasteiger charge is -2.46. The lowest BCUT2D eigenvalue weighted by molar-refractivity contribution is 0.444. The zero-order chi connectivity index (χ0) is 80.0. The summed E-state index contributed by atoms with van der Waals surface area (Å²) in [5.41, 5.74) is 38.6. The van der Waals surface area contributed by atoms with Gasteiger partial charge >= 0.3 is 0 Å². The van der Waals surface area contributed by atoms with Crippen LogP contribution in [-0.4, -0.2) is 15.8 Å². The normalized spacial score (nSPS) is 13.9. The lowest BCUT2D eigenvalue weighted by Crippen LogP contribution is -2.61. The number of hydrogen-bond acceptors (Lipinski definition) is 2. The van der Waals surface area contributed by atoms with Crippen molar-refractivity contribution in [3.05, 3.63) is 355 Å². The molecule has 3 aliphatic rings. The summed E-state index contributed by atoms with van der Waals surface area (Å²) in [5, 5.41) is 5.13. The van der Waals surface area contributed by atoms with Crippen molar-refractivity contribution in [3.63, 3.8) is 0 Å². The highest BCUT2D eigenvalue weighted by molar-refractivity contribution is 7.00. The van der Waals surface area contributed by atoms with Crippen LogP contribution in [0.15, 0.2) is 328 Å². The summed E-state index contributed by atoms with van der Waals surface area (Å²) >= 11 is 0. The molecule has 0 radical (unpaired) electrons. The third-order valence-electron chi connectivity index (χ3n) is 25.9. The van der Waals surface area contributed by atoms with Gasteiger partial charge in [0.15, 0.2) is 0 Å². The van der Waals surface area contributed by atoms with E-state index in [0.717, 1.165) is 57.8 Å². The standard InChI is InChI=1S/C112H101BN4/c1-109(2,3)82-52-58-98-92(68-82)93-69-83(110(4,5)6)53-59-99(93)114(98)86-44-28-42-77(62-86)79-50-56-102-96(64-79)113-97-65-80(78-43-29-45-87(63-78)115-100-60-54-84(111(7,8)9)70-94(100)95-71-85(112(10,11)12)55-61-101(95)115)51-57-103(97)117(108-90(75-38-24-16-25-39-75)48-31-49-91(108)76-40-26-17-27-41-76)105-67-81(72-32-18-13-19-33-72)66-104(106(105)113)116(102)107-88(73-34-20-14-21-35-73)46-30-47-89(107)74-36-22-15-23-37-74/h14-17,20-31,34-72H,13,18-19,32-33H2,1-12H3. The van der Waals surface area contributed by atoms with Crippen molar-refractivity contribution in [2.75, 3.05) is 9.80 Å². The fraction of sp³-hybridized carbons (Fsp3) is 0.196. The molecule has 2 aliphatic heterocycles. The van der Waals surface area contributed by atoms with Gasteiger partial charge in [-0.05, 0) is 226 Å². The van der Waals surface area contributed by atoms with Crippen molar-refractivity contribution in [2.45, 2.75) is 143 Å². The van der Waals surface area contributed by atoms with Crippen LogP contribution >= 0.6 is 0 Å². The number of nitrogens with zero attached hydrogens (tertiary/aromatic N) is 4. The van der Waals surface area contributed by atoms with Gasteiger partial charge in [0, 0.05) is 77.9 Å². The van der Waals surface area contributed by atoms with Crippen molar-refractivity contribution >= 4 is 101 Å². The van der Waals surface area contributed by atoms with Crippen LogP contribution in [0.1, 0.15) is 149 Å². The first kappa shape index (κ1) is 73.5. The summed E-state index contributed by atoms with van der Waals surface area (Å²) in [6.07, 6.45) is 5.94. The molecular formula is C112H101BN4. The molecule has 0 bridgehead atoms. The van der Waals surface area contributed by atoms with Crippen molar-refractivity contribution in [1.29, 1.82) is 0 Å². The molecular weight excluding hydrogens is 1410 g/mol. The Bertz CT molecular complexity index is 6110. The second-order valence-electron chi connectivity index (χ2n) is 37.5. The van der Waals surface area contributed by atoms with E-state index in [0.29, 0.717) is 5.92 Å². The Kier molecular flexibility index (Phi) is 17.7. The van der Waals surface area contributed by atoms with E-state index in [9.17, 15) is 0 Å². The Morgan fingerprint density at radius 2 is 0.556 bits per heavy atom. The highest BCUT2D eigenvalue weighted by Crippen LogP contribution is 2.55. The molecule has 0 amide bonds. The van der Waals surface area contributed by atoms with Crippen LogP contribution in [0, 0.1) is 0 Å². The minimum absolute atomic E-state index is 0.0255. The molecule has 17 aromatic rings. The molecule has 4 nitrogen and oxygen atoms in total. The molecule has 0 spiro atoms. The summed E-state index contributed by atoms with van der Waals surface area (Å²) < 4.78 is 5.05. The SMILES string of the molecule is CC(C)(C)c1ccc2c(c1)c1cc(C(C)(C)C)ccc1n2-c1cccc(-c2ccc3c(c2)B2c4cc(-c5cccc(-n6c7ccc(C(C)(C)C)cc7c7cc(C(C)(C)C)ccc76)c5)ccc4N(c4c(-c5ccccc5)cccc4-c4ccccc4)c4cc(C5CCCCC5)cc(c42)N3c2c(-c3ccccc3)cccc2-c2ccccc2)c1. The molecule has 20 rings (SSSR count). The molecule has 0 N–H and O–H groups in total. The number of aromatic nitrogens is 2. The molecule has 15 aromatic carbocycles. The maximum atomic E-state index is 2.75. The van der Waals surface area contributed by atoms with Crippen molar-refractivity contribution in [2.24, 2.45) is 0 Å². The quantitative estimate of drug-likeness (QED) is 0.120. The molecule has 5 heteroatoms.